The summed E-state index contributed by atoms with van der Waals surface area (Å²) in [5.41, 5.74) is 2.94. The number of rotatable bonds is 6. The van der Waals surface area contributed by atoms with Crippen molar-refractivity contribution < 1.29 is 0 Å². The van der Waals surface area contributed by atoms with Crippen LogP contribution in [0.5, 0.6) is 0 Å². The van der Waals surface area contributed by atoms with Crippen molar-refractivity contribution >= 4 is 5.69 Å². The molecule has 3 heteroatoms. The lowest BCUT2D eigenvalue weighted by molar-refractivity contribution is 0.190. The number of likely N-dealkylation sites (N-methyl/N-ethyl adjacent to an activating group) is 1. The average Bonchev–Trinajstić information content (AvgIpc) is 2.48. The van der Waals surface area contributed by atoms with Crippen molar-refractivity contribution in [3.63, 3.8) is 0 Å². The maximum Gasteiger partial charge on any atom is 0.0366 e. The van der Waals surface area contributed by atoms with E-state index in [2.05, 4.69) is 67.3 Å². The standard InChI is InChI=1S/C18H31N3/c1-18(2,20(3)4)15-19-14-16-8-10-17(11-9-16)21-12-6-5-7-13-21/h8-11,19H,5-7,12-15H2,1-4H3. The number of anilines is 1. The predicted molar refractivity (Wildman–Crippen MR) is 92.0 cm³/mol. The number of nitrogens with zero attached hydrogens (tertiary/aromatic N) is 2. The number of hydrogen-bond donors (Lipinski definition) is 1. The third-order valence-electron chi connectivity index (χ3n) is 4.75. The number of piperidine rings is 1. The third kappa shape index (κ3) is 4.72. The first-order valence-electron chi connectivity index (χ1n) is 8.21. The van der Waals surface area contributed by atoms with Gasteiger partial charge in [0.2, 0.25) is 0 Å². The van der Waals surface area contributed by atoms with Crippen LogP contribution in [0.4, 0.5) is 5.69 Å². The SMILES string of the molecule is CN(C)C(C)(C)CNCc1ccc(N2CCCCC2)cc1. The maximum atomic E-state index is 3.57. The van der Waals surface area contributed by atoms with Gasteiger partial charge in [-0.25, -0.2) is 0 Å². The van der Waals surface area contributed by atoms with Gasteiger partial charge >= 0.3 is 0 Å². The minimum absolute atomic E-state index is 0.188. The Balaban J connectivity index is 1.82. The van der Waals surface area contributed by atoms with Crippen molar-refractivity contribution in [3.05, 3.63) is 29.8 Å². The molecule has 1 saturated heterocycles. The quantitative estimate of drug-likeness (QED) is 0.868. The summed E-state index contributed by atoms with van der Waals surface area (Å²) < 4.78 is 0. The Kier molecular flexibility index (Phi) is 5.65. The summed E-state index contributed by atoms with van der Waals surface area (Å²) >= 11 is 0. The normalized spacial score (nSPS) is 16.5. The minimum Gasteiger partial charge on any atom is -0.372 e. The van der Waals surface area contributed by atoms with Gasteiger partial charge in [-0.1, -0.05) is 12.1 Å². The lowest BCUT2D eigenvalue weighted by Crippen LogP contribution is -2.46. The van der Waals surface area contributed by atoms with Crippen LogP contribution in [-0.2, 0) is 6.54 Å². The number of benzene rings is 1. The second-order valence-corrected chi connectivity index (χ2v) is 7.02. The second-order valence-electron chi connectivity index (χ2n) is 7.02. The molecule has 118 valence electrons. The molecule has 3 nitrogen and oxygen atoms in total. The van der Waals surface area contributed by atoms with Gasteiger partial charge in [0.25, 0.3) is 0 Å². The van der Waals surface area contributed by atoms with E-state index in [1.165, 1.54) is 43.6 Å². The van der Waals surface area contributed by atoms with Crippen molar-refractivity contribution in [3.8, 4) is 0 Å². The van der Waals surface area contributed by atoms with Gasteiger partial charge in [0, 0.05) is 37.4 Å². The molecule has 0 unspecified atom stereocenters. The molecule has 1 aliphatic rings. The van der Waals surface area contributed by atoms with Crippen molar-refractivity contribution in [1.29, 1.82) is 0 Å². The summed E-state index contributed by atoms with van der Waals surface area (Å²) in [4.78, 5) is 4.77. The molecule has 0 atom stereocenters. The molecular formula is C18H31N3. The Morgan fingerprint density at radius 2 is 1.67 bits per heavy atom. The fraction of sp³-hybridized carbons (Fsp3) is 0.667. The van der Waals surface area contributed by atoms with Gasteiger partial charge in [0.15, 0.2) is 0 Å². The Morgan fingerprint density at radius 1 is 1.05 bits per heavy atom. The number of hydrogen-bond acceptors (Lipinski definition) is 3. The molecule has 21 heavy (non-hydrogen) atoms. The van der Waals surface area contributed by atoms with Crippen LogP contribution in [0.15, 0.2) is 24.3 Å². The molecule has 1 aromatic carbocycles. The van der Waals surface area contributed by atoms with E-state index in [1.807, 2.05) is 0 Å². The van der Waals surface area contributed by atoms with Gasteiger partial charge in [-0.15, -0.1) is 0 Å². The van der Waals surface area contributed by atoms with E-state index >= 15 is 0 Å². The van der Waals surface area contributed by atoms with Gasteiger partial charge in [-0.3, -0.25) is 0 Å². The summed E-state index contributed by atoms with van der Waals surface area (Å²) in [6, 6.07) is 9.08. The topological polar surface area (TPSA) is 18.5 Å². The molecule has 1 aromatic rings. The molecule has 0 spiro atoms. The Hall–Kier alpha value is -1.06. The first-order chi connectivity index (χ1) is 9.99. The van der Waals surface area contributed by atoms with Gasteiger partial charge in [-0.2, -0.15) is 0 Å². The summed E-state index contributed by atoms with van der Waals surface area (Å²) in [5, 5.41) is 3.57. The maximum absolute atomic E-state index is 3.57. The van der Waals surface area contributed by atoms with E-state index in [9.17, 15) is 0 Å². The number of nitrogens with one attached hydrogen (secondary N) is 1. The first kappa shape index (κ1) is 16.3. The fourth-order valence-electron chi connectivity index (χ4n) is 2.65. The van der Waals surface area contributed by atoms with Gasteiger partial charge in [0.05, 0.1) is 0 Å². The van der Waals surface area contributed by atoms with Crippen LogP contribution in [0.25, 0.3) is 0 Å². The van der Waals surface area contributed by atoms with Gasteiger partial charge in [-0.05, 0) is 64.9 Å². The minimum atomic E-state index is 0.188. The van der Waals surface area contributed by atoms with Gasteiger partial charge < -0.3 is 15.1 Å². The lowest BCUT2D eigenvalue weighted by atomic mass is 10.0. The van der Waals surface area contributed by atoms with E-state index in [1.54, 1.807) is 0 Å². The highest BCUT2D eigenvalue weighted by Crippen LogP contribution is 2.20. The van der Waals surface area contributed by atoms with Gasteiger partial charge in [0.1, 0.15) is 0 Å². The Bertz CT molecular complexity index is 417. The Morgan fingerprint density at radius 3 is 2.24 bits per heavy atom. The summed E-state index contributed by atoms with van der Waals surface area (Å²) in [6.07, 6.45) is 4.06. The molecule has 2 rings (SSSR count). The van der Waals surface area contributed by atoms with Crippen molar-refractivity contribution in [2.24, 2.45) is 0 Å². The average molecular weight is 289 g/mol. The second kappa shape index (κ2) is 7.28. The van der Waals surface area contributed by atoms with E-state index in [0.717, 1.165) is 13.1 Å². The zero-order chi connectivity index (χ0) is 15.3. The molecule has 1 fully saturated rings. The summed E-state index contributed by atoms with van der Waals surface area (Å²) in [6.45, 7) is 8.90. The highest BCUT2D eigenvalue weighted by atomic mass is 15.2. The fourth-order valence-corrected chi connectivity index (χ4v) is 2.65. The molecule has 0 saturated carbocycles. The molecule has 1 N–H and O–H groups in total. The van der Waals surface area contributed by atoms with Crippen LogP contribution >= 0.6 is 0 Å². The lowest BCUT2D eigenvalue weighted by Gasteiger charge is -2.32. The van der Waals surface area contributed by atoms with E-state index < -0.39 is 0 Å². The molecular weight excluding hydrogens is 258 g/mol. The highest BCUT2D eigenvalue weighted by molar-refractivity contribution is 5.47. The Labute approximate surface area is 130 Å². The molecule has 0 aliphatic carbocycles. The first-order valence-corrected chi connectivity index (χ1v) is 8.21. The largest absolute Gasteiger partial charge is 0.372 e. The molecule has 0 amide bonds. The molecule has 1 aliphatic heterocycles. The van der Waals surface area contributed by atoms with E-state index in [4.69, 9.17) is 0 Å². The van der Waals surface area contributed by atoms with Crippen LogP contribution in [-0.4, -0.2) is 44.2 Å². The van der Waals surface area contributed by atoms with E-state index in [0.29, 0.717) is 0 Å². The van der Waals surface area contributed by atoms with Crippen LogP contribution in [0.1, 0.15) is 38.7 Å². The van der Waals surface area contributed by atoms with Crippen molar-refractivity contribution in [1.82, 2.24) is 10.2 Å². The molecule has 1 heterocycles. The predicted octanol–water partition coefficient (Wildman–Crippen LogP) is 3.11. The van der Waals surface area contributed by atoms with Crippen LogP contribution in [0, 0.1) is 0 Å². The summed E-state index contributed by atoms with van der Waals surface area (Å²) in [5.74, 6) is 0. The van der Waals surface area contributed by atoms with Crippen LogP contribution in [0.2, 0.25) is 0 Å². The highest BCUT2D eigenvalue weighted by Gasteiger charge is 2.19. The zero-order valence-corrected chi connectivity index (χ0v) is 14.2. The molecule has 0 bridgehead atoms. The zero-order valence-electron chi connectivity index (χ0n) is 14.2. The van der Waals surface area contributed by atoms with Crippen molar-refractivity contribution in [2.75, 3.05) is 38.6 Å². The van der Waals surface area contributed by atoms with Crippen molar-refractivity contribution in [2.45, 2.75) is 45.2 Å². The molecule has 0 radical (unpaired) electrons. The van der Waals surface area contributed by atoms with E-state index in [-0.39, 0.29) is 5.54 Å². The molecule has 0 aromatic heterocycles. The smallest absolute Gasteiger partial charge is 0.0366 e. The van der Waals surface area contributed by atoms with Crippen LogP contribution in [0.3, 0.4) is 0 Å². The summed E-state index contributed by atoms with van der Waals surface area (Å²) in [7, 11) is 4.27. The third-order valence-corrected chi connectivity index (χ3v) is 4.75. The van der Waals surface area contributed by atoms with Crippen LogP contribution < -0.4 is 10.2 Å². The monoisotopic (exact) mass is 289 g/mol.